The van der Waals surface area contributed by atoms with Crippen LogP contribution in [0.5, 0.6) is 0 Å². The maximum Gasteiger partial charge on any atom is 0.305 e. The topological polar surface area (TPSA) is 57.6 Å². The highest BCUT2D eigenvalue weighted by atomic mass is 32.2. The van der Waals surface area contributed by atoms with Crippen LogP contribution >= 0.6 is 11.8 Å². The molecule has 1 aromatic carbocycles. The van der Waals surface area contributed by atoms with E-state index >= 15 is 0 Å². The normalized spacial score (nSPS) is 19.7. The summed E-state index contributed by atoms with van der Waals surface area (Å²) in [5, 5.41) is 9.02. The van der Waals surface area contributed by atoms with Gasteiger partial charge in [0.25, 0.3) is 0 Å². The molecule has 0 saturated carbocycles. The number of aliphatic carboxylic acids is 1. The van der Waals surface area contributed by atoms with Crippen molar-refractivity contribution in [2.24, 2.45) is 0 Å². The number of amides is 1. The second-order valence-electron chi connectivity index (χ2n) is 5.63. The summed E-state index contributed by atoms with van der Waals surface area (Å²) in [5.74, 6) is 1.07. The zero-order chi connectivity index (χ0) is 15.9. The Kier molecular flexibility index (Phi) is 6.31. The van der Waals surface area contributed by atoms with Crippen LogP contribution in [0.25, 0.3) is 0 Å². The molecule has 1 saturated heterocycles. The van der Waals surface area contributed by atoms with E-state index in [0.29, 0.717) is 13.0 Å². The molecule has 5 heteroatoms. The van der Waals surface area contributed by atoms with E-state index in [1.54, 1.807) is 16.7 Å². The summed E-state index contributed by atoms with van der Waals surface area (Å²) in [5.41, 5.74) is 1.18. The molecule has 2 unspecified atom stereocenters. The molecule has 1 aromatic rings. The molecule has 2 rings (SSSR count). The number of carbonyl (C=O) groups excluding carboxylic acids is 1. The highest BCUT2D eigenvalue weighted by molar-refractivity contribution is 7.99. The van der Waals surface area contributed by atoms with Gasteiger partial charge in [-0.15, -0.1) is 0 Å². The largest absolute Gasteiger partial charge is 0.481 e. The van der Waals surface area contributed by atoms with Crippen LogP contribution in [0.2, 0.25) is 0 Å². The van der Waals surface area contributed by atoms with Crippen LogP contribution in [0.15, 0.2) is 30.3 Å². The SMILES string of the molecule is CCC(CC(=O)N1CCSCC1CC(=O)O)c1ccccc1. The zero-order valence-electron chi connectivity index (χ0n) is 12.9. The van der Waals surface area contributed by atoms with Gasteiger partial charge in [0, 0.05) is 24.5 Å². The Morgan fingerprint density at radius 3 is 2.73 bits per heavy atom. The molecule has 4 nitrogen and oxygen atoms in total. The maximum atomic E-state index is 12.7. The summed E-state index contributed by atoms with van der Waals surface area (Å²) in [4.78, 5) is 25.4. The molecule has 2 atom stereocenters. The van der Waals surface area contributed by atoms with Crippen LogP contribution in [-0.4, -0.2) is 46.0 Å². The van der Waals surface area contributed by atoms with Crippen LogP contribution in [0.1, 0.15) is 37.7 Å². The second-order valence-corrected chi connectivity index (χ2v) is 6.78. The smallest absolute Gasteiger partial charge is 0.305 e. The quantitative estimate of drug-likeness (QED) is 0.875. The minimum Gasteiger partial charge on any atom is -0.481 e. The lowest BCUT2D eigenvalue weighted by Gasteiger charge is -2.35. The van der Waals surface area contributed by atoms with Crippen molar-refractivity contribution in [3.8, 4) is 0 Å². The molecule has 120 valence electrons. The molecule has 0 spiro atoms. The van der Waals surface area contributed by atoms with Crippen molar-refractivity contribution in [2.45, 2.75) is 38.1 Å². The molecule has 1 heterocycles. The van der Waals surface area contributed by atoms with Gasteiger partial charge in [-0.2, -0.15) is 11.8 Å². The van der Waals surface area contributed by atoms with Crippen molar-refractivity contribution in [3.63, 3.8) is 0 Å². The summed E-state index contributed by atoms with van der Waals surface area (Å²) in [7, 11) is 0. The number of carboxylic acid groups (broad SMARTS) is 1. The third-order valence-corrected chi connectivity index (χ3v) is 5.23. The van der Waals surface area contributed by atoms with E-state index in [9.17, 15) is 9.59 Å². The van der Waals surface area contributed by atoms with E-state index in [4.69, 9.17) is 5.11 Å². The Hall–Kier alpha value is -1.49. The highest BCUT2D eigenvalue weighted by Gasteiger charge is 2.29. The lowest BCUT2D eigenvalue weighted by molar-refractivity contribution is -0.140. The Morgan fingerprint density at radius 1 is 1.36 bits per heavy atom. The highest BCUT2D eigenvalue weighted by Crippen LogP contribution is 2.26. The average molecular weight is 321 g/mol. The van der Waals surface area contributed by atoms with Crippen LogP contribution in [0, 0.1) is 0 Å². The molecule has 1 aliphatic heterocycles. The van der Waals surface area contributed by atoms with Crippen LogP contribution in [0.4, 0.5) is 0 Å². The fourth-order valence-corrected chi connectivity index (χ4v) is 3.97. The molecular weight excluding hydrogens is 298 g/mol. The maximum absolute atomic E-state index is 12.7. The predicted octanol–water partition coefficient (Wildman–Crippen LogP) is 2.99. The lowest BCUT2D eigenvalue weighted by atomic mass is 9.92. The molecular formula is C17H23NO3S. The fraction of sp³-hybridized carbons (Fsp3) is 0.529. The van der Waals surface area contributed by atoms with Gasteiger partial charge in [-0.3, -0.25) is 9.59 Å². The van der Waals surface area contributed by atoms with Crippen molar-refractivity contribution in [3.05, 3.63) is 35.9 Å². The first-order valence-corrected chi connectivity index (χ1v) is 8.91. The number of carbonyl (C=O) groups is 2. The molecule has 0 bridgehead atoms. The summed E-state index contributed by atoms with van der Waals surface area (Å²) < 4.78 is 0. The van der Waals surface area contributed by atoms with Crippen molar-refractivity contribution in [1.82, 2.24) is 4.90 Å². The van der Waals surface area contributed by atoms with E-state index in [1.165, 1.54) is 5.56 Å². The van der Waals surface area contributed by atoms with Crippen molar-refractivity contribution in [2.75, 3.05) is 18.1 Å². The number of thioether (sulfide) groups is 1. The first-order valence-electron chi connectivity index (χ1n) is 7.75. The Bertz CT molecular complexity index is 506. The zero-order valence-corrected chi connectivity index (χ0v) is 13.7. The van der Waals surface area contributed by atoms with Gasteiger partial charge >= 0.3 is 5.97 Å². The Balaban J connectivity index is 2.03. The van der Waals surface area contributed by atoms with E-state index in [1.807, 2.05) is 18.2 Å². The Labute approximate surface area is 135 Å². The Morgan fingerprint density at radius 2 is 2.09 bits per heavy atom. The van der Waals surface area contributed by atoms with Crippen molar-refractivity contribution in [1.29, 1.82) is 0 Å². The van der Waals surface area contributed by atoms with Gasteiger partial charge in [-0.1, -0.05) is 37.3 Å². The first kappa shape index (κ1) is 16.9. The number of rotatable bonds is 6. The van der Waals surface area contributed by atoms with E-state index in [-0.39, 0.29) is 24.3 Å². The second kappa shape index (κ2) is 8.22. The van der Waals surface area contributed by atoms with Gasteiger partial charge in [0.2, 0.25) is 5.91 Å². The molecule has 1 N–H and O–H groups in total. The van der Waals surface area contributed by atoms with E-state index < -0.39 is 5.97 Å². The number of nitrogens with zero attached hydrogens (tertiary/aromatic N) is 1. The number of hydrogen-bond acceptors (Lipinski definition) is 3. The molecule has 22 heavy (non-hydrogen) atoms. The molecule has 1 amide bonds. The fourth-order valence-electron chi connectivity index (χ4n) is 2.90. The minimum absolute atomic E-state index is 0.0425. The summed E-state index contributed by atoms with van der Waals surface area (Å²) in [6.45, 7) is 2.75. The van der Waals surface area contributed by atoms with E-state index in [2.05, 4.69) is 19.1 Å². The number of hydrogen-bond donors (Lipinski definition) is 1. The molecule has 0 aromatic heterocycles. The molecule has 0 radical (unpaired) electrons. The molecule has 1 aliphatic rings. The minimum atomic E-state index is -0.833. The van der Waals surface area contributed by atoms with Gasteiger partial charge in [-0.05, 0) is 17.9 Å². The van der Waals surface area contributed by atoms with Crippen molar-refractivity contribution >= 4 is 23.6 Å². The third kappa shape index (κ3) is 4.50. The van der Waals surface area contributed by atoms with E-state index in [0.717, 1.165) is 17.9 Å². The van der Waals surface area contributed by atoms with Gasteiger partial charge < -0.3 is 10.0 Å². The van der Waals surface area contributed by atoms with Gasteiger partial charge in [0.1, 0.15) is 0 Å². The lowest BCUT2D eigenvalue weighted by Crippen LogP contribution is -2.47. The first-order chi connectivity index (χ1) is 10.6. The van der Waals surface area contributed by atoms with Crippen LogP contribution < -0.4 is 0 Å². The standard InChI is InChI=1S/C17H23NO3S/c1-2-13(14-6-4-3-5-7-14)10-16(19)18-8-9-22-12-15(18)11-17(20)21/h3-7,13,15H,2,8-12H2,1H3,(H,20,21). The van der Waals surface area contributed by atoms with Gasteiger partial charge in [0.05, 0.1) is 12.5 Å². The van der Waals surface area contributed by atoms with Gasteiger partial charge in [-0.25, -0.2) is 0 Å². The monoisotopic (exact) mass is 321 g/mol. The summed E-state index contributed by atoms with van der Waals surface area (Å²) in [6.07, 6.45) is 1.41. The predicted molar refractivity (Wildman–Crippen MR) is 89.2 cm³/mol. The molecule has 1 fully saturated rings. The average Bonchev–Trinajstić information content (AvgIpc) is 2.53. The molecule has 0 aliphatic carbocycles. The summed E-state index contributed by atoms with van der Waals surface area (Å²) >= 11 is 1.73. The van der Waals surface area contributed by atoms with Crippen LogP contribution in [-0.2, 0) is 9.59 Å². The van der Waals surface area contributed by atoms with Gasteiger partial charge in [0.15, 0.2) is 0 Å². The summed E-state index contributed by atoms with van der Waals surface area (Å²) in [6, 6.07) is 9.91. The van der Waals surface area contributed by atoms with Crippen LogP contribution in [0.3, 0.4) is 0 Å². The number of benzene rings is 1. The third-order valence-electron chi connectivity index (χ3n) is 4.14. The number of carboxylic acids is 1. The van der Waals surface area contributed by atoms with Crippen molar-refractivity contribution < 1.29 is 14.7 Å².